The van der Waals surface area contributed by atoms with Gasteiger partial charge in [0.2, 0.25) is 0 Å². The molecule has 0 saturated heterocycles. The van der Waals surface area contributed by atoms with Crippen molar-refractivity contribution in [2.45, 2.75) is 51.5 Å². The van der Waals surface area contributed by atoms with Gasteiger partial charge in [0.1, 0.15) is 0 Å². The van der Waals surface area contributed by atoms with E-state index in [2.05, 4.69) is 31.8 Å². The maximum absolute atomic E-state index is 10.3. The predicted octanol–water partition coefficient (Wildman–Crippen LogP) is 5.07. The fraction of sp³-hybridized carbons (Fsp3) is 0.688. The predicted molar refractivity (Wildman–Crippen MR) is 91.2 cm³/mol. The quantitative estimate of drug-likeness (QED) is 0.547. The van der Waals surface area contributed by atoms with Crippen LogP contribution in [0.5, 0.6) is 0 Å². The number of allylic oxidation sites excluding steroid dienone is 3. The van der Waals surface area contributed by atoms with E-state index in [0.717, 1.165) is 19.3 Å². The Hall–Kier alpha value is -0.0200. The molecule has 0 aromatic rings. The van der Waals surface area contributed by atoms with Gasteiger partial charge in [0.15, 0.2) is 4.63 Å². The SMILES string of the molecule is CC1(C)[C@@H](Cl)[C@@H](O)C[C@]2(C)CC(C=CN=C(Cl)Cl)=CC[C@@H]12. The number of aliphatic imine (C=N–C) groups is 1. The fourth-order valence-electron chi connectivity index (χ4n) is 4.22. The summed E-state index contributed by atoms with van der Waals surface area (Å²) in [7, 11) is 0. The Morgan fingerprint density at radius 1 is 1.38 bits per heavy atom. The van der Waals surface area contributed by atoms with Crippen molar-refractivity contribution in [2.75, 3.05) is 0 Å². The second-order valence-electron chi connectivity index (χ2n) is 7.08. The van der Waals surface area contributed by atoms with E-state index in [1.165, 1.54) is 5.57 Å². The Labute approximate surface area is 141 Å². The van der Waals surface area contributed by atoms with Crippen molar-refractivity contribution in [3.8, 4) is 0 Å². The minimum atomic E-state index is -0.457. The summed E-state index contributed by atoms with van der Waals surface area (Å²) in [5, 5.41) is 10.1. The topological polar surface area (TPSA) is 32.6 Å². The normalized spacial score (nSPS) is 38.8. The van der Waals surface area contributed by atoms with E-state index in [0.29, 0.717) is 5.92 Å². The summed E-state index contributed by atoms with van der Waals surface area (Å²) in [6, 6.07) is 0. The highest BCUT2D eigenvalue weighted by Crippen LogP contribution is 2.58. The lowest BCUT2D eigenvalue weighted by Gasteiger charge is -2.56. The first kappa shape index (κ1) is 17.3. The van der Waals surface area contributed by atoms with Crippen molar-refractivity contribution >= 4 is 39.4 Å². The van der Waals surface area contributed by atoms with Crippen LogP contribution in [0.2, 0.25) is 0 Å². The number of fused-ring (bicyclic) bond motifs is 1. The molecule has 0 spiro atoms. The standard InChI is InChI=1S/C16H22Cl3NO/c1-15(2)12-5-4-10(6-7-20-14(18)19)8-16(12,3)9-11(21)13(15)17/h4,6-7,11-13,21H,5,8-9H2,1-3H3/t11-,12-,13-,16-/m0/s1. The molecule has 0 bridgehead atoms. The number of rotatable bonds is 2. The van der Waals surface area contributed by atoms with Gasteiger partial charge in [-0.25, -0.2) is 4.99 Å². The summed E-state index contributed by atoms with van der Waals surface area (Å²) in [4.78, 5) is 3.86. The lowest BCUT2D eigenvalue weighted by Crippen LogP contribution is -2.55. The van der Waals surface area contributed by atoms with Crippen LogP contribution in [0.4, 0.5) is 0 Å². The van der Waals surface area contributed by atoms with Gasteiger partial charge in [-0.15, -0.1) is 11.6 Å². The number of hydrogen-bond acceptors (Lipinski definition) is 2. The number of hydrogen-bond donors (Lipinski definition) is 1. The van der Waals surface area contributed by atoms with Crippen molar-refractivity contribution in [2.24, 2.45) is 21.7 Å². The smallest absolute Gasteiger partial charge is 0.196 e. The summed E-state index contributed by atoms with van der Waals surface area (Å²) < 4.78 is 0.00551. The molecule has 0 aromatic heterocycles. The summed E-state index contributed by atoms with van der Waals surface area (Å²) in [6.07, 6.45) is 7.97. The molecule has 2 rings (SSSR count). The highest BCUT2D eigenvalue weighted by molar-refractivity contribution is 6.95. The van der Waals surface area contributed by atoms with E-state index in [1.807, 2.05) is 6.08 Å². The Bertz CT molecular complexity index is 494. The van der Waals surface area contributed by atoms with Crippen LogP contribution >= 0.6 is 34.8 Å². The van der Waals surface area contributed by atoms with Crippen molar-refractivity contribution in [3.63, 3.8) is 0 Å². The van der Waals surface area contributed by atoms with Gasteiger partial charge in [-0.3, -0.25) is 0 Å². The van der Waals surface area contributed by atoms with Crippen molar-refractivity contribution in [1.29, 1.82) is 0 Å². The first-order chi connectivity index (χ1) is 9.67. The van der Waals surface area contributed by atoms with E-state index in [1.54, 1.807) is 6.20 Å². The third kappa shape index (κ3) is 3.50. The third-order valence-corrected chi connectivity index (χ3v) is 6.20. The minimum absolute atomic E-state index is 0.00551. The van der Waals surface area contributed by atoms with E-state index < -0.39 is 6.10 Å². The van der Waals surface area contributed by atoms with Crippen molar-refractivity contribution < 1.29 is 5.11 Å². The van der Waals surface area contributed by atoms with E-state index in [4.69, 9.17) is 34.8 Å². The van der Waals surface area contributed by atoms with Gasteiger partial charge in [-0.1, -0.05) is 26.8 Å². The third-order valence-electron chi connectivity index (χ3n) is 5.15. The number of alkyl halides is 1. The Morgan fingerprint density at radius 3 is 2.67 bits per heavy atom. The molecule has 0 aromatic carbocycles. The van der Waals surface area contributed by atoms with Gasteiger partial charge >= 0.3 is 0 Å². The molecule has 1 N–H and O–H groups in total. The highest BCUT2D eigenvalue weighted by Gasteiger charge is 2.54. The molecule has 4 atom stereocenters. The molecule has 21 heavy (non-hydrogen) atoms. The molecule has 1 fully saturated rings. The summed E-state index contributed by atoms with van der Waals surface area (Å²) >= 11 is 17.5. The van der Waals surface area contributed by atoms with Gasteiger partial charge < -0.3 is 5.11 Å². The second kappa shape index (κ2) is 6.23. The first-order valence-electron chi connectivity index (χ1n) is 7.23. The number of aliphatic hydroxyl groups excluding tert-OH is 1. The number of halogens is 3. The average molecular weight is 351 g/mol. The largest absolute Gasteiger partial charge is 0.392 e. The van der Waals surface area contributed by atoms with Gasteiger partial charge in [0, 0.05) is 6.20 Å². The maximum atomic E-state index is 10.3. The van der Waals surface area contributed by atoms with Crippen molar-refractivity contribution in [3.05, 3.63) is 23.9 Å². The summed E-state index contributed by atoms with van der Waals surface area (Å²) in [5.41, 5.74) is 1.18. The lowest BCUT2D eigenvalue weighted by molar-refractivity contribution is -0.0656. The van der Waals surface area contributed by atoms with Gasteiger partial charge in [0.05, 0.1) is 11.5 Å². The molecule has 0 aliphatic heterocycles. The van der Waals surface area contributed by atoms with Crippen LogP contribution in [0.15, 0.2) is 28.9 Å². The van der Waals surface area contributed by atoms with Gasteiger partial charge in [0.25, 0.3) is 0 Å². The molecule has 0 radical (unpaired) electrons. The average Bonchev–Trinajstić information content (AvgIpc) is 2.35. The highest BCUT2D eigenvalue weighted by atomic mass is 35.5. The van der Waals surface area contributed by atoms with Crippen LogP contribution < -0.4 is 0 Å². The van der Waals surface area contributed by atoms with E-state index >= 15 is 0 Å². The zero-order valence-electron chi connectivity index (χ0n) is 12.6. The molecular weight excluding hydrogens is 329 g/mol. The zero-order chi connectivity index (χ0) is 15.8. The van der Waals surface area contributed by atoms with E-state index in [9.17, 15) is 5.11 Å². The van der Waals surface area contributed by atoms with Crippen LogP contribution in [0.1, 0.15) is 40.0 Å². The molecule has 0 amide bonds. The van der Waals surface area contributed by atoms with Crippen LogP contribution in [-0.4, -0.2) is 21.2 Å². The van der Waals surface area contributed by atoms with Gasteiger partial charge in [-0.05, 0) is 70.9 Å². The number of nitrogens with zero attached hydrogens (tertiary/aromatic N) is 1. The van der Waals surface area contributed by atoms with Crippen LogP contribution in [0.25, 0.3) is 0 Å². The van der Waals surface area contributed by atoms with Crippen LogP contribution in [0, 0.1) is 16.7 Å². The maximum Gasteiger partial charge on any atom is 0.196 e. The van der Waals surface area contributed by atoms with Crippen LogP contribution in [-0.2, 0) is 0 Å². The second-order valence-corrected chi connectivity index (χ2v) is 8.46. The zero-order valence-corrected chi connectivity index (χ0v) is 14.9. The molecule has 1 saturated carbocycles. The molecule has 2 aliphatic rings. The monoisotopic (exact) mass is 349 g/mol. The Balaban J connectivity index is 2.24. The Kier molecular flexibility index (Phi) is 5.15. The molecule has 0 heterocycles. The van der Waals surface area contributed by atoms with Gasteiger partial charge in [-0.2, -0.15) is 0 Å². The molecule has 118 valence electrons. The molecule has 0 unspecified atom stereocenters. The van der Waals surface area contributed by atoms with E-state index in [-0.39, 0.29) is 20.8 Å². The number of aliphatic hydroxyl groups is 1. The fourth-order valence-corrected chi connectivity index (χ4v) is 4.57. The molecule has 2 nitrogen and oxygen atoms in total. The molecule has 5 heteroatoms. The van der Waals surface area contributed by atoms with Crippen molar-refractivity contribution in [1.82, 2.24) is 0 Å². The van der Waals surface area contributed by atoms with Crippen LogP contribution in [0.3, 0.4) is 0 Å². The molecular formula is C16H22Cl3NO. The lowest BCUT2D eigenvalue weighted by atomic mass is 9.51. The Morgan fingerprint density at radius 2 is 2.05 bits per heavy atom. The summed E-state index contributed by atoms with van der Waals surface area (Å²) in [6.45, 7) is 6.59. The summed E-state index contributed by atoms with van der Waals surface area (Å²) in [5.74, 6) is 0.466. The minimum Gasteiger partial charge on any atom is -0.392 e. The molecule has 2 aliphatic carbocycles. The first-order valence-corrected chi connectivity index (χ1v) is 8.42.